The van der Waals surface area contributed by atoms with E-state index in [4.69, 9.17) is 5.26 Å². The van der Waals surface area contributed by atoms with Gasteiger partial charge in [-0.05, 0) is 24.6 Å². The second-order valence-corrected chi connectivity index (χ2v) is 3.87. The third kappa shape index (κ3) is 3.45. The molecule has 1 aromatic rings. The highest BCUT2D eigenvalue weighted by atomic mass is 19.1. The summed E-state index contributed by atoms with van der Waals surface area (Å²) in [4.78, 5) is 13.0. The Bertz CT molecular complexity index is 468. The van der Waals surface area contributed by atoms with Gasteiger partial charge in [0.15, 0.2) is 0 Å². The Morgan fingerprint density at radius 3 is 2.78 bits per heavy atom. The number of nitrogens with zero attached hydrogens (tertiary/aromatic N) is 2. The summed E-state index contributed by atoms with van der Waals surface area (Å²) < 4.78 is 13.8. The van der Waals surface area contributed by atoms with Gasteiger partial charge in [0, 0.05) is 13.6 Å². The number of carbonyl (C=O) groups is 1. The van der Waals surface area contributed by atoms with Crippen molar-refractivity contribution in [2.75, 3.05) is 25.0 Å². The molecule has 1 N–H and O–H groups in total. The molecule has 0 aliphatic rings. The lowest BCUT2D eigenvalue weighted by Crippen LogP contribution is -2.36. The van der Waals surface area contributed by atoms with Crippen LogP contribution in [0.2, 0.25) is 0 Å². The number of amides is 1. The van der Waals surface area contributed by atoms with Gasteiger partial charge in [0.25, 0.3) is 0 Å². The van der Waals surface area contributed by atoms with Crippen molar-refractivity contribution < 1.29 is 9.18 Å². The quantitative estimate of drug-likeness (QED) is 0.863. The van der Waals surface area contributed by atoms with Crippen LogP contribution in [0.4, 0.5) is 10.1 Å². The molecule has 0 heterocycles. The van der Waals surface area contributed by atoms with Crippen LogP contribution in [0.15, 0.2) is 18.2 Å². The summed E-state index contributed by atoms with van der Waals surface area (Å²) in [5.74, 6) is -0.654. The number of anilines is 1. The van der Waals surface area contributed by atoms with Gasteiger partial charge in [-0.3, -0.25) is 4.79 Å². The normalized spacial score (nSPS) is 9.67. The molecule has 1 rings (SSSR count). The SMILES string of the molecule is CCCN(CC(=O)NC)c1ccc(C#N)cc1F. The maximum absolute atomic E-state index is 13.8. The van der Waals surface area contributed by atoms with Gasteiger partial charge in [0.1, 0.15) is 5.82 Å². The van der Waals surface area contributed by atoms with Crippen LogP contribution in [-0.2, 0) is 4.79 Å². The minimum absolute atomic E-state index is 0.104. The summed E-state index contributed by atoms with van der Waals surface area (Å²) in [6, 6.07) is 6.14. The van der Waals surface area contributed by atoms with Crippen molar-refractivity contribution in [1.82, 2.24) is 5.32 Å². The first-order valence-electron chi connectivity index (χ1n) is 5.77. The lowest BCUT2D eigenvalue weighted by molar-refractivity contribution is -0.119. The summed E-state index contributed by atoms with van der Waals surface area (Å²) in [6.07, 6.45) is 0.802. The third-order valence-electron chi connectivity index (χ3n) is 2.52. The molecule has 0 aliphatic heterocycles. The molecule has 18 heavy (non-hydrogen) atoms. The van der Waals surface area contributed by atoms with Crippen molar-refractivity contribution in [2.24, 2.45) is 0 Å². The molecule has 0 saturated heterocycles. The number of nitrogens with one attached hydrogen (secondary N) is 1. The van der Waals surface area contributed by atoms with Crippen LogP contribution in [0.25, 0.3) is 0 Å². The third-order valence-corrected chi connectivity index (χ3v) is 2.52. The van der Waals surface area contributed by atoms with Gasteiger partial charge in [-0.1, -0.05) is 6.92 Å². The van der Waals surface area contributed by atoms with E-state index in [1.807, 2.05) is 13.0 Å². The Kier molecular flexibility index (Phi) is 5.12. The van der Waals surface area contributed by atoms with Crippen molar-refractivity contribution in [3.05, 3.63) is 29.6 Å². The Morgan fingerprint density at radius 1 is 1.56 bits per heavy atom. The molecular weight excluding hydrogens is 233 g/mol. The zero-order valence-corrected chi connectivity index (χ0v) is 10.5. The van der Waals surface area contributed by atoms with Crippen LogP contribution in [0, 0.1) is 17.1 Å². The van der Waals surface area contributed by atoms with Gasteiger partial charge in [-0.2, -0.15) is 5.26 Å². The lowest BCUT2D eigenvalue weighted by atomic mass is 10.2. The van der Waals surface area contributed by atoms with Crippen molar-refractivity contribution in [1.29, 1.82) is 5.26 Å². The molecule has 0 saturated carbocycles. The van der Waals surface area contributed by atoms with Crippen molar-refractivity contribution in [3.8, 4) is 6.07 Å². The fourth-order valence-electron chi connectivity index (χ4n) is 1.64. The Balaban J connectivity index is 2.98. The van der Waals surface area contributed by atoms with E-state index in [1.165, 1.54) is 12.1 Å². The van der Waals surface area contributed by atoms with E-state index >= 15 is 0 Å². The standard InChI is InChI=1S/C13H16FN3O/c1-3-6-17(9-13(18)16-2)12-5-4-10(8-15)7-11(12)14/h4-5,7H,3,6,9H2,1-2H3,(H,16,18). The average Bonchev–Trinajstić information content (AvgIpc) is 2.38. The van der Waals surface area contributed by atoms with E-state index in [-0.39, 0.29) is 18.0 Å². The number of benzene rings is 1. The van der Waals surface area contributed by atoms with E-state index in [0.29, 0.717) is 12.2 Å². The fourth-order valence-corrected chi connectivity index (χ4v) is 1.64. The smallest absolute Gasteiger partial charge is 0.239 e. The van der Waals surface area contributed by atoms with Gasteiger partial charge in [-0.15, -0.1) is 0 Å². The van der Waals surface area contributed by atoms with Gasteiger partial charge < -0.3 is 10.2 Å². The maximum atomic E-state index is 13.8. The van der Waals surface area contributed by atoms with E-state index < -0.39 is 5.82 Å². The molecule has 0 atom stereocenters. The molecule has 0 unspecified atom stereocenters. The zero-order valence-electron chi connectivity index (χ0n) is 10.5. The second kappa shape index (κ2) is 6.60. The number of rotatable bonds is 5. The predicted octanol–water partition coefficient (Wildman–Crippen LogP) is 1.66. The Hall–Kier alpha value is -2.09. The van der Waals surface area contributed by atoms with Crippen LogP contribution in [-0.4, -0.2) is 26.0 Å². The molecule has 4 nitrogen and oxygen atoms in total. The highest BCUT2D eigenvalue weighted by Crippen LogP contribution is 2.20. The Labute approximate surface area is 106 Å². The molecular formula is C13H16FN3O. The van der Waals surface area contributed by atoms with Crippen LogP contribution < -0.4 is 10.2 Å². The van der Waals surface area contributed by atoms with Crippen LogP contribution >= 0.6 is 0 Å². The summed E-state index contributed by atoms with van der Waals surface area (Å²) in [5.41, 5.74) is 0.618. The molecule has 0 bridgehead atoms. The minimum Gasteiger partial charge on any atom is -0.360 e. The topological polar surface area (TPSA) is 56.1 Å². The number of carbonyl (C=O) groups excluding carboxylic acids is 1. The van der Waals surface area contributed by atoms with Crippen molar-refractivity contribution in [2.45, 2.75) is 13.3 Å². The first-order chi connectivity index (χ1) is 8.62. The highest BCUT2D eigenvalue weighted by Gasteiger charge is 2.14. The predicted molar refractivity (Wildman–Crippen MR) is 67.7 cm³/mol. The number of hydrogen-bond acceptors (Lipinski definition) is 3. The maximum Gasteiger partial charge on any atom is 0.239 e. The summed E-state index contributed by atoms with van der Waals surface area (Å²) in [5, 5.41) is 11.2. The zero-order chi connectivity index (χ0) is 13.5. The van der Waals surface area contributed by atoms with Gasteiger partial charge in [-0.25, -0.2) is 4.39 Å². The first-order valence-corrected chi connectivity index (χ1v) is 5.77. The van der Waals surface area contributed by atoms with E-state index in [1.54, 1.807) is 18.0 Å². The monoisotopic (exact) mass is 249 g/mol. The summed E-state index contributed by atoms with van der Waals surface area (Å²) in [7, 11) is 1.54. The highest BCUT2D eigenvalue weighted by molar-refractivity contribution is 5.81. The number of halogens is 1. The van der Waals surface area contributed by atoms with Crippen LogP contribution in [0.5, 0.6) is 0 Å². The van der Waals surface area contributed by atoms with Crippen LogP contribution in [0.1, 0.15) is 18.9 Å². The van der Waals surface area contributed by atoms with Gasteiger partial charge >= 0.3 is 0 Å². The largest absolute Gasteiger partial charge is 0.360 e. The minimum atomic E-state index is -0.480. The average molecular weight is 249 g/mol. The Morgan fingerprint density at radius 2 is 2.28 bits per heavy atom. The van der Waals surface area contributed by atoms with E-state index in [0.717, 1.165) is 6.42 Å². The second-order valence-electron chi connectivity index (χ2n) is 3.87. The summed E-state index contributed by atoms with van der Waals surface area (Å²) >= 11 is 0. The number of nitriles is 1. The lowest BCUT2D eigenvalue weighted by Gasteiger charge is -2.23. The molecule has 96 valence electrons. The first kappa shape index (κ1) is 14.0. The van der Waals surface area contributed by atoms with Gasteiger partial charge in [0.2, 0.25) is 5.91 Å². The molecule has 5 heteroatoms. The molecule has 0 radical (unpaired) electrons. The van der Waals surface area contributed by atoms with Gasteiger partial charge in [0.05, 0.1) is 23.9 Å². The molecule has 0 fully saturated rings. The molecule has 0 aromatic heterocycles. The summed E-state index contributed by atoms with van der Waals surface area (Å²) in [6.45, 7) is 2.64. The van der Waals surface area contributed by atoms with Crippen LogP contribution in [0.3, 0.4) is 0 Å². The number of hydrogen-bond donors (Lipinski definition) is 1. The van der Waals surface area contributed by atoms with Crippen molar-refractivity contribution >= 4 is 11.6 Å². The molecule has 0 aliphatic carbocycles. The fraction of sp³-hybridized carbons (Fsp3) is 0.385. The molecule has 1 amide bonds. The number of likely N-dealkylation sites (N-methyl/N-ethyl adjacent to an activating group) is 1. The molecule has 1 aromatic carbocycles. The van der Waals surface area contributed by atoms with E-state index in [2.05, 4.69) is 5.32 Å². The van der Waals surface area contributed by atoms with Crippen molar-refractivity contribution in [3.63, 3.8) is 0 Å². The van der Waals surface area contributed by atoms with E-state index in [9.17, 15) is 9.18 Å². The molecule has 0 spiro atoms.